The summed E-state index contributed by atoms with van der Waals surface area (Å²) in [7, 11) is 0. The first-order chi connectivity index (χ1) is 12.5. The number of carbonyl (C=O) groups excluding carboxylic acids is 2. The molecule has 0 aliphatic carbocycles. The maximum Gasteiger partial charge on any atom is 0.260 e. The van der Waals surface area contributed by atoms with Crippen LogP contribution in [0.4, 0.5) is 5.69 Å². The van der Waals surface area contributed by atoms with Gasteiger partial charge in [-0.2, -0.15) is 0 Å². The zero-order valence-corrected chi connectivity index (χ0v) is 15.5. The minimum atomic E-state index is -0.311. The normalized spacial score (nSPS) is 13.5. The smallest absolute Gasteiger partial charge is 0.260 e. The van der Waals surface area contributed by atoms with E-state index in [-0.39, 0.29) is 18.4 Å². The van der Waals surface area contributed by atoms with Crippen LogP contribution < -0.4 is 10.1 Å². The maximum absolute atomic E-state index is 12.3. The van der Waals surface area contributed by atoms with Gasteiger partial charge < -0.3 is 15.0 Å². The Morgan fingerprint density at radius 3 is 2.54 bits per heavy atom. The summed E-state index contributed by atoms with van der Waals surface area (Å²) < 4.78 is 5.56. The monoisotopic (exact) mass is 392 g/mol. The van der Waals surface area contributed by atoms with Crippen molar-refractivity contribution in [3.05, 3.63) is 58.1 Å². The first kappa shape index (κ1) is 18.5. The number of rotatable bonds is 5. The zero-order valence-electron chi connectivity index (χ0n) is 14.0. The molecular formula is C19H18Cl2N2O3. The number of likely N-dealkylation sites (tertiary alicyclic amines) is 1. The largest absolute Gasteiger partial charge is 0.484 e. The number of amides is 2. The van der Waals surface area contributed by atoms with E-state index in [1.165, 1.54) is 6.07 Å². The molecule has 1 aliphatic rings. The first-order valence-electron chi connectivity index (χ1n) is 8.30. The Morgan fingerprint density at radius 2 is 1.81 bits per heavy atom. The molecule has 0 spiro atoms. The number of hydrogen-bond acceptors (Lipinski definition) is 3. The number of ether oxygens (including phenoxy) is 1. The molecule has 26 heavy (non-hydrogen) atoms. The van der Waals surface area contributed by atoms with Crippen molar-refractivity contribution < 1.29 is 14.3 Å². The van der Waals surface area contributed by atoms with E-state index in [4.69, 9.17) is 27.9 Å². The number of halogens is 2. The van der Waals surface area contributed by atoms with Gasteiger partial charge in [-0.1, -0.05) is 29.3 Å². The van der Waals surface area contributed by atoms with Gasteiger partial charge in [-0.05, 0) is 43.2 Å². The molecule has 0 aromatic heterocycles. The van der Waals surface area contributed by atoms with Crippen molar-refractivity contribution >= 4 is 40.7 Å². The van der Waals surface area contributed by atoms with Crippen LogP contribution in [0.2, 0.25) is 10.0 Å². The van der Waals surface area contributed by atoms with Crippen LogP contribution in [0, 0.1) is 0 Å². The summed E-state index contributed by atoms with van der Waals surface area (Å²) in [6, 6.07) is 11.6. The van der Waals surface area contributed by atoms with Crippen LogP contribution in [0.15, 0.2) is 42.5 Å². The lowest BCUT2D eigenvalue weighted by Crippen LogP contribution is -2.32. The molecule has 1 N–H and O–H groups in total. The predicted octanol–water partition coefficient (Wildman–Crippen LogP) is 4.25. The Morgan fingerprint density at radius 1 is 1.04 bits per heavy atom. The summed E-state index contributed by atoms with van der Waals surface area (Å²) in [5.74, 6) is 0.186. The quantitative estimate of drug-likeness (QED) is 0.827. The van der Waals surface area contributed by atoms with Gasteiger partial charge in [-0.25, -0.2) is 0 Å². The van der Waals surface area contributed by atoms with Crippen LogP contribution in [-0.2, 0) is 4.79 Å². The van der Waals surface area contributed by atoms with E-state index in [1.807, 2.05) is 0 Å². The Balaban J connectivity index is 1.60. The number of carbonyl (C=O) groups is 2. The molecule has 1 heterocycles. The highest BCUT2D eigenvalue weighted by molar-refractivity contribution is 6.42. The van der Waals surface area contributed by atoms with Crippen LogP contribution in [-0.4, -0.2) is 36.4 Å². The van der Waals surface area contributed by atoms with Crippen LogP contribution in [0.25, 0.3) is 0 Å². The van der Waals surface area contributed by atoms with Gasteiger partial charge in [0.25, 0.3) is 11.8 Å². The van der Waals surface area contributed by atoms with Crippen molar-refractivity contribution in [1.29, 1.82) is 0 Å². The minimum absolute atomic E-state index is 0.00973. The SMILES string of the molecule is O=C(Nc1cccc(OCC(=O)N2CCCC2)c1)c1ccc(Cl)c(Cl)c1. The highest BCUT2D eigenvalue weighted by atomic mass is 35.5. The lowest BCUT2D eigenvalue weighted by atomic mass is 10.2. The van der Waals surface area contributed by atoms with E-state index in [0.29, 0.717) is 27.0 Å². The Labute approximate surface area is 161 Å². The van der Waals surface area contributed by atoms with Gasteiger partial charge in [-0.3, -0.25) is 9.59 Å². The van der Waals surface area contributed by atoms with Crippen molar-refractivity contribution in [3.63, 3.8) is 0 Å². The fraction of sp³-hybridized carbons (Fsp3) is 0.263. The van der Waals surface area contributed by atoms with Crippen LogP contribution in [0.3, 0.4) is 0 Å². The molecule has 1 saturated heterocycles. The number of hydrogen-bond donors (Lipinski definition) is 1. The summed E-state index contributed by atoms with van der Waals surface area (Å²) >= 11 is 11.8. The second kappa shape index (κ2) is 8.43. The number of nitrogens with zero attached hydrogens (tertiary/aromatic N) is 1. The van der Waals surface area contributed by atoms with Crippen molar-refractivity contribution in [2.75, 3.05) is 25.0 Å². The Bertz CT molecular complexity index is 820. The molecule has 0 unspecified atom stereocenters. The summed E-state index contributed by atoms with van der Waals surface area (Å²) in [5, 5.41) is 3.48. The summed E-state index contributed by atoms with van der Waals surface area (Å²) in [6.07, 6.45) is 2.09. The van der Waals surface area contributed by atoms with Crippen molar-refractivity contribution in [1.82, 2.24) is 4.90 Å². The van der Waals surface area contributed by atoms with Crippen LogP contribution in [0.1, 0.15) is 23.2 Å². The number of benzene rings is 2. The molecule has 5 nitrogen and oxygen atoms in total. The van der Waals surface area contributed by atoms with E-state index < -0.39 is 0 Å². The van der Waals surface area contributed by atoms with E-state index in [0.717, 1.165) is 25.9 Å². The fourth-order valence-corrected chi connectivity index (χ4v) is 3.01. The molecule has 136 valence electrons. The first-order valence-corrected chi connectivity index (χ1v) is 9.05. The third kappa shape index (κ3) is 4.68. The highest BCUT2D eigenvalue weighted by Crippen LogP contribution is 2.24. The molecule has 7 heteroatoms. The second-order valence-corrected chi connectivity index (χ2v) is 6.80. The van der Waals surface area contributed by atoms with Gasteiger partial charge in [0, 0.05) is 30.4 Å². The fourth-order valence-electron chi connectivity index (χ4n) is 2.71. The lowest BCUT2D eigenvalue weighted by Gasteiger charge is -2.15. The Hall–Kier alpha value is -2.24. The number of anilines is 1. The van der Waals surface area contributed by atoms with E-state index in [9.17, 15) is 9.59 Å². The van der Waals surface area contributed by atoms with Crippen LogP contribution in [0.5, 0.6) is 5.75 Å². The topological polar surface area (TPSA) is 58.6 Å². The molecule has 2 amide bonds. The summed E-state index contributed by atoms with van der Waals surface area (Å²) in [6.45, 7) is 1.58. The molecule has 2 aromatic carbocycles. The molecule has 1 aliphatic heterocycles. The summed E-state index contributed by atoms with van der Waals surface area (Å²) in [4.78, 5) is 26.1. The van der Waals surface area contributed by atoms with Crippen molar-refractivity contribution in [3.8, 4) is 5.75 Å². The van der Waals surface area contributed by atoms with E-state index in [2.05, 4.69) is 5.32 Å². The van der Waals surface area contributed by atoms with Gasteiger partial charge in [0.2, 0.25) is 0 Å². The summed E-state index contributed by atoms with van der Waals surface area (Å²) in [5.41, 5.74) is 0.960. The van der Waals surface area contributed by atoms with Crippen molar-refractivity contribution in [2.45, 2.75) is 12.8 Å². The molecule has 1 fully saturated rings. The molecule has 3 rings (SSSR count). The predicted molar refractivity (Wildman–Crippen MR) is 102 cm³/mol. The molecule has 0 bridgehead atoms. The van der Waals surface area contributed by atoms with E-state index in [1.54, 1.807) is 41.3 Å². The zero-order chi connectivity index (χ0) is 18.5. The van der Waals surface area contributed by atoms with E-state index >= 15 is 0 Å². The molecule has 0 radical (unpaired) electrons. The van der Waals surface area contributed by atoms with Crippen LogP contribution >= 0.6 is 23.2 Å². The second-order valence-electron chi connectivity index (χ2n) is 5.99. The average molecular weight is 393 g/mol. The van der Waals surface area contributed by atoms with Gasteiger partial charge >= 0.3 is 0 Å². The Kier molecular flexibility index (Phi) is 6.01. The minimum Gasteiger partial charge on any atom is -0.484 e. The maximum atomic E-state index is 12.3. The molecule has 2 aromatic rings. The molecule has 0 atom stereocenters. The third-order valence-electron chi connectivity index (χ3n) is 4.09. The van der Waals surface area contributed by atoms with Crippen molar-refractivity contribution in [2.24, 2.45) is 0 Å². The molecule has 0 saturated carbocycles. The molecular weight excluding hydrogens is 375 g/mol. The number of nitrogens with one attached hydrogen (secondary N) is 1. The highest BCUT2D eigenvalue weighted by Gasteiger charge is 2.18. The third-order valence-corrected chi connectivity index (χ3v) is 4.83. The average Bonchev–Trinajstić information content (AvgIpc) is 3.17. The van der Waals surface area contributed by atoms with Gasteiger partial charge in [0.05, 0.1) is 10.0 Å². The lowest BCUT2D eigenvalue weighted by molar-refractivity contribution is -0.132. The van der Waals surface area contributed by atoms with Gasteiger partial charge in [-0.15, -0.1) is 0 Å². The van der Waals surface area contributed by atoms with Gasteiger partial charge in [0.15, 0.2) is 6.61 Å². The standard InChI is InChI=1S/C19H18Cl2N2O3/c20-16-7-6-13(10-17(16)21)19(25)22-14-4-3-5-15(11-14)26-12-18(24)23-8-1-2-9-23/h3-7,10-11H,1-2,8-9,12H2,(H,22,25). The van der Waals surface area contributed by atoms with Gasteiger partial charge in [0.1, 0.15) is 5.75 Å².